The summed E-state index contributed by atoms with van der Waals surface area (Å²) in [6, 6.07) is 16.5. The van der Waals surface area contributed by atoms with Gasteiger partial charge >= 0.3 is 0 Å². The van der Waals surface area contributed by atoms with Crippen LogP contribution in [0.4, 0.5) is 5.69 Å². The second-order valence-corrected chi connectivity index (χ2v) is 7.50. The number of hydrogen-bond acceptors (Lipinski definition) is 3. The quantitative estimate of drug-likeness (QED) is 0.797. The van der Waals surface area contributed by atoms with E-state index in [4.69, 9.17) is 0 Å². The Hall–Kier alpha value is -3.41. The monoisotopic (exact) mass is 391 g/mol. The third-order valence-corrected chi connectivity index (χ3v) is 5.10. The molecule has 0 aromatic heterocycles. The van der Waals surface area contributed by atoms with E-state index in [1.807, 2.05) is 30.3 Å². The van der Waals surface area contributed by atoms with Crippen molar-refractivity contribution in [2.75, 3.05) is 18.4 Å². The lowest BCUT2D eigenvalue weighted by atomic mass is 9.95. The Kier molecular flexibility index (Phi) is 5.82. The number of amides is 3. The summed E-state index contributed by atoms with van der Waals surface area (Å²) in [4.78, 5) is 41.2. The lowest BCUT2D eigenvalue weighted by Gasteiger charge is -2.46. The smallest absolute Gasteiger partial charge is 0.254 e. The number of carbonyl (C=O) groups excluding carboxylic acids is 3. The van der Waals surface area contributed by atoms with Gasteiger partial charge in [0.05, 0.1) is 0 Å². The molecule has 0 aliphatic carbocycles. The predicted octanol–water partition coefficient (Wildman–Crippen LogP) is 3.07. The first-order valence-corrected chi connectivity index (χ1v) is 9.51. The topological polar surface area (TPSA) is 69.7 Å². The van der Waals surface area contributed by atoms with E-state index in [1.165, 1.54) is 6.08 Å². The number of carbonyl (C=O) groups is 3. The summed E-state index contributed by atoms with van der Waals surface area (Å²) in [6.45, 7) is 8.39. The van der Waals surface area contributed by atoms with Gasteiger partial charge in [0.1, 0.15) is 5.54 Å². The van der Waals surface area contributed by atoms with Gasteiger partial charge in [0.15, 0.2) is 0 Å². The van der Waals surface area contributed by atoms with Crippen molar-refractivity contribution in [1.29, 1.82) is 0 Å². The van der Waals surface area contributed by atoms with Crippen LogP contribution in [0.3, 0.4) is 0 Å². The van der Waals surface area contributed by atoms with Crippen molar-refractivity contribution >= 4 is 23.4 Å². The maximum absolute atomic E-state index is 13.2. The molecule has 1 fully saturated rings. The molecule has 0 bridgehead atoms. The second-order valence-electron chi connectivity index (χ2n) is 7.50. The third-order valence-electron chi connectivity index (χ3n) is 5.10. The Morgan fingerprint density at radius 3 is 2.52 bits per heavy atom. The van der Waals surface area contributed by atoms with E-state index in [0.29, 0.717) is 30.9 Å². The fourth-order valence-corrected chi connectivity index (χ4v) is 3.49. The van der Waals surface area contributed by atoms with Crippen LogP contribution in [0, 0.1) is 0 Å². The number of nitrogens with one attached hydrogen (secondary N) is 1. The van der Waals surface area contributed by atoms with Gasteiger partial charge in [-0.05, 0) is 43.7 Å². The minimum Gasteiger partial charge on any atom is -0.335 e. The van der Waals surface area contributed by atoms with Crippen molar-refractivity contribution in [2.24, 2.45) is 0 Å². The zero-order valence-electron chi connectivity index (χ0n) is 16.7. The van der Waals surface area contributed by atoms with Crippen molar-refractivity contribution in [3.63, 3.8) is 0 Å². The summed E-state index contributed by atoms with van der Waals surface area (Å²) < 4.78 is 0. The summed E-state index contributed by atoms with van der Waals surface area (Å²) in [5, 5.41) is 2.65. The second kappa shape index (κ2) is 8.31. The molecule has 1 N–H and O–H groups in total. The SMILES string of the molecule is C=CC(=O)Nc1cccc(C(=O)N2CCN(Cc3ccccc3)C(=O)C2(C)C)c1. The Morgan fingerprint density at radius 2 is 1.83 bits per heavy atom. The zero-order valence-corrected chi connectivity index (χ0v) is 16.7. The molecule has 6 heteroatoms. The highest BCUT2D eigenvalue weighted by atomic mass is 16.2. The molecule has 29 heavy (non-hydrogen) atoms. The maximum Gasteiger partial charge on any atom is 0.254 e. The minimum atomic E-state index is -0.968. The third kappa shape index (κ3) is 4.37. The molecule has 2 aromatic rings. The highest BCUT2D eigenvalue weighted by Crippen LogP contribution is 2.26. The first-order valence-electron chi connectivity index (χ1n) is 9.51. The van der Waals surface area contributed by atoms with Gasteiger partial charge < -0.3 is 15.1 Å². The van der Waals surface area contributed by atoms with Gasteiger partial charge in [-0.15, -0.1) is 0 Å². The van der Waals surface area contributed by atoms with Crippen LogP contribution in [0.5, 0.6) is 0 Å². The van der Waals surface area contributed by atoms with E-state index in [9.17, 15) is 14.4 Å². The summed E-state index contributed by atoms with van der Waals surface area (Å²) in [5.41, 5.74) is 1.02. The van der Waals surface area contributed by atoms with Gasteiger partial charge in [0.25, 0.3) is 5.91 Å². The molecule has 3 rings (SSSR count). The largest absolute Gasteiger partial charge is 0.335 e. The predicted molar refractivity (Wildman–Crippen MR) is 112 cm³/mol. The molecular weight excluding hydrogens is 366 g/mol. The standard InChI is InChI=1S/C23H25N3O3/c1-4-20(27)24-19-12-8-11-18(15-19)21(28)26-14-13-25(22(29)23(26,2)3)16-17-9-6-5-7-10-17/h4-12,15H,1,13-14,16H2,2-3H3,(H,24,27). The van der Waals surface area contributed by atoms with E-state index >= 15 is 0 Å². The Labute approximate surface area is 170 Å². The van der Waals surface area contributed by atoms with Crippen molar-refractivity contribution in [2.45, 2.75) is 25.9 Å². The molecule has 0 saturated carbocycles. The molecular formula is C23H25N3O3. The Bertz CT molecular complexity index is 937. The van der Waals surface area contributed by atoms with Gasteiger partial charge in [-0.2, -0.15) is 0 Å². The number of nitrogens with zero attached hydrogens (tertiary/aromatic N) is 2. The molecule has 0 spiro atoms. The van der Waals surface area contributed by atoms with E-state index in [-0.39, 0.29) is 17.7 Å². The van der Waals surface area contributed by atoms with Crippen LogP contribution < -0.4 is 5.32 Å². The average Bonchev–Trinajstić information content (AvgIpc) is 2.72. The van der Waals surface area contributed by atoms with Gasteiger partial charge in [0, 0.05) is 30.9 Å². The van der Waals surface area contributed by atoms with Crippen LogP contribution >= 0.6 is 0 Å². The van der Waals surface area contributed by atoms with Crippen molar-refractivity contribution in [1.82, 2.24) is 9.80 Å². The van der Waals surface area contributed by atoms with Crippen LogP contribution in [-0.2, 0) is 16.1 Å². The van der Waals surface area contributed by atoms with E-state index in [2.05, 4.69) is 11.9 Å². The average molecular weight is 391 g/mol. The molecule has 0 radical (unpaired) electrons. The molecule has 3 amide bonds. The fraction of sp³-hybridized carbons (Fsp3) is 0.261. The van der Waals surface area contributed by atoms with Crippen LogP contribution in [0.15, 0.2) is 67.3 Å². The first kappa shape index (κ1) is 20.3. The molecule has 0 atom stereocenters. The maximum atomic E-state index is 13.2. The van der Waals surface area contributed by atoms with Crippen LogP contribution in [0.25, 0.3) is 0 Å². The van der Waals surface area contributed by atoms with Gasteiger partial charge in [-0.25, -0.2) is 0 Å². The van der Waals surface area contributed by atoms with E-state index < -0.39 is 5.54 Å². The molecule has 150 valence electrons. The van der Waals surface area contributed by atoms with Gasteiger partial charge in [-0.1, -0.05) is 43.0 Å². The summed E-state index contributed by atoms with van der Waals surface area (Å²) in [7, 11) is 0. The molecule has 1 heterocycles. The molecule has 6 nitrogen and oxygen atoms in total. The molecule has 1 aliphatic heterocycles. The van der Waals surface area contributed by atoms with Crippen molar-refractivity contribution in [3.05, 3.63) is 78.4 Å². The molecule has 0 unspecified atom stereocenters. The summed E-state index contributed by atoms with van der Waals surface area (Å²) in [5.74, 6) is -0.672. The summed E-state index contributed by atoms with van der Waals surface area (Å²) >= 11 is 0. The van der Waals surface area contributed by atoms with Crippen LogP contribution in [0.2, 0.25) is 0 Å². The number of hydrogen-bond donors (Lipinski definition) is 1. The fourth-order valence-electron chi connectivity index (χ4n) is 3.49. The molecule has 1 aliphatic rings. The highest BCUT2D eigenvalue weighted by Gasteiger charge is 2.44. The van der Waals surface area contributed by atoms with Gasteiger partial charge in [0.2, 0.25) is 11.8 Å². The lowest BCUT2D eigenvalue weighted by Crippen LogP contribution is -2.64. The van der Waals surface area contributed by atoms with E-state index in [1.54, 1.807) is 47.9 Å². The normalized spacial score (nSPS) is 15.7. The van der Waals surface area contributed by atoms with E-state index in [0.717, 1.165) is 5.56 Å². The summed E-state index contributed by atoms with van der Waals surface area (Å²) in [6.07, 6.45) is 1.17. The lowest BCUT2D eigenvalue weighted by molar-refractivity contribution is -0.147. The first-order chi connectivity index (χ1) is 13.8. The van der Waals surface area contributed by atoms with Crippen LogP contribution in [-0.4, -0.2) is 46.1 Å². The van der Waals surface area contributed by atoms with Crippen LogP contribution in [0.1, 0.15) is 29.8 Å². The number of piperazine rings is 1. The Balaban J connectivity index is 1.77. The van der Waals surface area contributed by atoms with Crippen molar-refractivity contribution in [3.8, 4) is 0 Å². The highest BCUT2D eigenvalue weighted by molar-refractivity contribution is 6.02. The Morgan fingerprint density at radius 1 is 1.10 bits per heavy atom. The van der Waals surface area contributed by atoms with Crippen molar-refractivity contribution < 1.29 is 14.4 Å². The minimum absolute atomic E-state index is 0.0860. The molecule has 2 aromatic carbocycles. The zero-order chi connectivity index (χ0) is 21.0. The number of rotatable bonds is 5. The number of benzene rings is 2. The number of anilines is 1. The van der Waals surface area contributed by atoms with Gasteiger partial charge in [-0.3, -0.25) is 14.4 Å². The molecule has 1 saturated heterocycles.